The Hall–Kier alpha value is -1.77. The molecule has 0 N–H and O–H groups in total. The van der Waals surface area contributed by atoms with Crippen molar-refractivity contribution in [3.05, 3.63) is 24.7 Å². The van der Waals surface area contributed by atoms with Crippen molar-refractivity contribution < 1.29 is 70.6 Å². The number of hydrogen-bond donors (Lipinski definition) is 0. The zero-order chi connectivity index (χ0) is 27.3. The van der Waals surface area contributed by atoms with Crippen LogP contribution in [-0.4, -0.2) is 48.1 Å². The molecular formula is C18H19F15O. The van der Waals surface area contributed by atoms with Crippen LogP contribution in [0.5, 0.6) is 0 Å². The van der Waals surface area contributed by atoms with Crippen molar-refractivity contribution in [3.63, 3.8) is 0 Å². The highest BCUT2D eigenvalue weighted by Gasteiger charge is 2.92. The molecule has 0 fully saturated rings. The van der Waals surface area contributed by atoms with Crippen molar-refractivity contribution in [1.29, 1.82) is 0 Å². The van der Waals surface area contributed by atoms with Gasteiger partial charge in [-0.15, -0.1) is 0 Å². The van der Waals surface area contributed by atoms with E-state index in [-0.39, 0.29) is 6.42 Å². The molecule has 0 bridgehead atoms. The monoisotopic (exact) mass is 536 g/mol. The van der Waals surface area contributed by atoms with Crippen molar-refractivity contribution >= 4 is 0 Å². The van der Waals surface area contributed by atoms with Gasteiger partial charge in [-0.1, -0.05) is 6.92 Å². The average molecular weight is 536 g/mol. The van der Waals surface area contributed by atoms with Crippen LogP contribution in [0.1, 0.15) is 39.0 Å². The second kappa shape index (κ2) is 10.9. The standard InChI is InChI=1S/C18H19F15O/c1-2-3-9-34-10-7-5-4-6-8-12(20,21)14(24,25)16(28,29)18(32,33)17(30,31)15(26,27)13(22,23)11-19/h3,7,9-10H,2,4-6,8,11H2,1H3. The predicted molar refractivity (Wildman–Crippen MR) is 88.7 cm³/mol. The van der Waals surface area contributed by atoms with Gasteiger partial charge in [0.2, 0.25) is 0 Å². The molecule has 0 radical (unpaired) electrons. The Morgan fingerprint density at radius 1 is 0.559 bits per heavy atom. The van der Waals surface area contributed by atoms with Crippen LogP contribution in [0.2, 0.25) is 0 Å². The van der Waals surface area contributed by atoms with Crippen molar-refractivity contribution in [1.82, 2.24) is 0 Å². The molecule has 0 aliphatic rings. The van der Waals surface area contributed by atoms with Gasteiger partial charge in [-0.25, -0.2) is 4.39 Å². The van der Waals surface area contributed by atoms with Crippen molar-refractivity contribution in [3.8, 4) is 0 Å². The van der Waals surface area contributed by atoms with Crippen LogP contribution >= 0.6 is 0 Å². The van der Waals surface area contributed by atoms with Crippen LogP contribution in [0, 0.1) is 0 Å². The van der Waals surface area contributed by atoms with E-state index in [1.807, 2.05) is 0 Å². The van der Waals surface area contributed by atoms with Gasteiger partial charge in [0, 0.05) is 6.42 Å². The Kier molecular flexibility index (Phi) is 10.3. The third-order valence-corrected chi connectivity index (χ3v) is 4.36. The number of alkyl halides is 15. The molecule has 0 aromatic carbocycles. The lowest BCUT2D eigenvalue weighted by atomic mass is 9.88. The summed E-state index contributed by atoms with van der Waals surface area (Å²) in [7, 11) is 0. The molecule has 0 heterocycles. The van der Waals surface area contributed by atoms with Crippen molar-refractivity contribution in [2.24, 2.45) is 0 Å². The van der Waals surface area contributed by atoms with E-state index >= 15 is 0 Å². The highest BCUT2D eigenvalue weighted by molar-refractivity contribution is 5.14. The van der Waals surface area contributed by atoms with Gasteiger partial charge < -0.3 is 4.74 Å². The van der Waals surface area contributed by atoms with Crippen LogP contribution in [0.3, 0.4) is 0 Å². The minimum atomic E-state index is -8.17. The number of allylic oxidation sites excluding steroid dienone is 2. The maximum Gasteiger partial charge on any atom is 0.384 e. The highest BCUT2D eigenvalue weighted by Crippen LogP contribution is 2.62. The maximum absolute atomic E-state index is 13.7. The molecule has 0 aliphatic heterocycles. The lowest BCUT2D eigenvalue weighted by molar-refractivity contribution is -0.442. The summed E-state index contributed by atoms with van der Waals surface area (Å²) in [4.78, 5) is 0. The second-order valence-corrected chi connectivity index (χ2v) is 6.95. The van der Waals surface area contributed by atoms with Gasteiger partial charge in [0.1, 0.15) is 0 Å². The molecular weight excluding hydrogens is 517 g/mol. The lowest BCUT2D eigenvalue weighted by Gasteiger charge is -2.42. The first-order valence-corrected chi connectivity index (χ1v) is 9.28. The Morgan fingerprint density at radius 2 is 0.971 bits per heavy atom. The summed E-state index contributed by atoms with van der Waals surface area (Å²) in [5.41, 5.74) is 0. The summed E-state index contributed by atoms with van der Waals surface area (Å²) < 4.78 is 204. The van der Waals surface area contributed by atoms with Gasteiger partial charge in [0.25, 0.3) is 0 Å². The van der Waals surface area contributed by atoms with Crippen LogP contribution in [0.15, 0.2) is 24.7 Å². The Balaban J connectivity index is 5.67. The quantitative estimate of drug-likeness (QED) is 0.116. The number of unbranched alkanes of at least 4 members (excludes halogenated alkanes) is 2. The van der Waals surface area contributed by atoms with E-state index < -0.39 is 67.4 Å². The summed E-state index contributed by atoms with van der Waals surface area (Å²) in [6, 6.07) is 0. The van der Waals surface area contributed by atoms with Crippen LogP contribution in [0.4, 0.5) is 65.9 Å². The maximum atomic E-state index is 13.7. The van der Waals surface area contributed by atoms with Gasteiger partial charge in [-0.2, -0.15) is 61.5 Å². The van der Waals surface area contributed by atoms with Crippen molar-refractivity contribution in [2.45, 2.75) is 80.5 Å². The summed E-state index contributed by atoms with van der Waals surface area (Å²) in [5, 5.41) is 0. The van der Waals surface area contributed by atoms with E-state index in [2.05, 4.69) is 0 Å². The summed E-state index contributed by atoms with van der Waals surface area (Å²) in [6.07, 6.45) is 1.61. The minimum Gasteiger partial charge on any atom is -0.473 e. The number of hydrogen-bond acceptors (Lipinski definition) is 1. The molecule has 0 saturated heterocycles. The van der Waals surface area contributed by atoms with Gasteiger partial charge in [0.05, 0.1) is 12.5 Å². The number of halogens is 15. The van der Waals surface area contributed by atoms with Gasteiger partial charge in [-0.05, 0) is 37.8 Å². The molecule has 0 saturated carbocycles. The van der Waals surface area contributed by atoms with Crippen LogP contribution in [-0.2, 0) is 4.74 Å². The molecule has 0 aliphatic carbocycles. The normalized spacial score (nSPS) is 15.5. The molecule has 0 amide bonds. The molecule has 0 atom stereocenters. The molecule has 0 spiro atoms. The molecule has 202 valence electrons. The Labute approximate surface area is 183 Å². The van der Waals surface area contributed by atoms with Crippen LogP contribution < -0.4 is 0 Å². The molecule has 0 aromatic heterocycles. The van der Waals surface area contributed by atoms with Gasteiger partial charge in [-0.3, -0.25) is 0 Å². The average Bonchev–Trinajstić information content (AvgIpc) is 2.71. The number of ether oxygens (including phenoxy) is 1. The molecule has 0 unspecified atom stereocenters. The first-order chi connectivity index (χ1) is 15.1. The number of rotatable bonds is 15. The van der Waals surface area contributed by atoms with E-state index in [0.29, 0.717) is 6.42 Å². The fourth-order valence-electron chi connectivity index (χ4n) is 2.22. The first kappa shape index (κ1) is 32.2. The van der Waals surface area contributed by atoms with Crippen molar-refractivity contribution in [2.75, 3.05) is 6.67 Å². The zero-order valence-corrected chi connectivity index (χ0v) is 17.1. The zero-order valence-electron chi connectivity index (χ0n) is 17.1. The summed E-state index contributed by atoms with van der Waals surface area (Å²) in [5.74, 6) is -52.2. The fourth-order valence-corrected chi connectivity index (χ4v) is 2.22. The third-order valence-electron chi connectivity index (χ3n) is 4.36. The van der Waals surface area contributed by atoms with E-state index in [0.717, 1.165) is 6.26 Å². The second-order valence-electron chi connectivity index (χ2n) is 6.95. The van der Waals surface area contributed by atoms with E-state index in [1.165, 1.54) is 12.3 Å². The SMILES string of the molecule is CCC=COC=CCCCCC(F)(F)C(F)(F)C(F)(F)C(F)(F)C(F)(F)C(F)(F)C(F)(F)CF. The molecule has 0 rings (SSSR count). The van der Waals surface area contributed by atoms with Gasteiger partial charge >= 0.3 is 41.5 Å². The predicted octanol–water partition coefficient (Wildman–Crippen LogP) is 8.42. The topological polar surface area (TPSA) is 9.23 Å². The van der Waals surface area contributed by atoms with E-state index in [4.69, 9.17) is 4.74 Å². The van der Waals surface area contributed by atoms with Gasteiger partial charge in [0.15, 0.2) is 6.67 Å². The Bertz CT molecular complexity index is 697. The fraction of sp³-hybridized carbons (Fsp3) is 0.778. The Morgan fingerprint density at radius 3 is 1.41 bits per heavy atom. The van der Waals surface area contributed by atoms with E-state index in [1.54, 1.807) is 13.0 Å². The molecule has 34 heavy (non-hydrogen) atoms. The first-order valence-electron chi connectivity index (χ1n) is 9.28. The lowest BCUT2D eigenvalue weighted by Crippen LogP contribution is -2.73. The van der Waals surface area contributed by atoms with Crippen LogP contribution in [0.25, 0.3) is 0 Å². The van der Waals surface area contributed by atoms with E-state index in [9.17, 15) is 65.9 Å². The molecule has 16 heteroatoms. The molecule has 1 nitrogen and oxygen atoms in total. The smallest absolute Gasteiger partial charge is 0.384 e. The third kappa shape index (κ3) is 5.71. The largest absolute Gasteiger partial charge is 0.473 e. The highest BCUT2D eigenvalue weighted by atomic mass is 19.4. The summed E-state index contributed by atoms with van der Waals surface area (Å²) >= 11 is 0. The molecule has 0 aromatic rings. The minimum absolute atomic E-state index is 0.170. The summed E-state index contributed by atoms with van der Waals surface area (Å²) in [6.45, 7) is -2.02.